The Morgan fingerprint density at radius 2 is 1.94 bits per heavy atom. The lowest BCUT2D eigenvalue weighted by atomic mass is 10.2. The molecule has 1 aromatic carbocycles. The zero-order chi connectivity index (χ0) is 12.7. The molecule has 1 aromatic rings. The first-order valence-corrected chi connectivity index (χ1v) is 7.20. The molecule has 0 heterocycles. The molecular formula is C13H17Br2NO. The Balaban J connectivity index is 2.78. The second-order valence-electron chi connectivity index (χ2n) is 3.55. The number of benzene rings is 1. The number of hydrogen-bond donors (Lipinski definition) is 1. The summed E-state index contributed by atoms with van der Waals surface area (Å²) in [6.45, 7) is 6.49. The monoisotopic (exact) mass is 361 g/mol. The van der Waals surface area contributed by atoms with Crippen LogP contribution in [0.5, 0.6) is 5.75 Å². The molecule has 94 valence electrons. The second-order valence-corrected chi connectivity index (χ2v) is 5.26. The van der Waals surface area contributed by atoms with Crippen LogP contribution in [0.2, 0.25) is 0 Å². The van der Waals surface area contributed by atoms with Crippen molar-refractivity contribution in [3.8, 4) is 5.75 Å². The van der Waals surface area contributed by atoms with Crippen LogP contribution in [0.1, 0.15) is 19.4 Å². The van der Waals surface area contributed by atoms with Crippen LogP contribution in [0.15, 0.2) is 33.2 Å². The molecule has 0 fully saturated rings. The molecule has 0 aliphatic rings. The van der Waals surface area contributed by atoms with Crippen molar-refractivity contribution >= 4 is 31.9 Å². The fraction of sp³-hybridized carbons (Fsp3) is 0.385. The van der Waals surface area contributed by atoms with Crippen LogP contribution in [0.3, 0.4) is 0 Å². The molecule has 0 saturated carbocycles. The molecule has 17 heavy (non-hydrogen) atoms. The maximum atomic E-state index is 5.67. The fourth-order valence-electron chi connectivity index (χ4n) is 1.35. The van der Waals surface area contributed by atoms with Crippen LogP contribution in [0, 0.1) is 0 Å². The zero-order valence-electron chi connectivity index (χ0n) is 10.1. The molecule has 0 bridgehead atoms. The third kappa shape index (κ3) is 4.82. The van der Waals surface area contributed by atoms with Gasteiger partial charge in [-0.3, -0.25) is 0 Å². The highest BCUT2D eigenvalue weighted by Crippen LogP contribution is 2.34. The van der Waals surface area contributed by atoms with Crippen LogP contribution in [0.25, 0.3) is 0 Å². The second kappa shape index (κ2) is 7.90. The largest absolute Gasteiger partial charge is 0.487 e. The predicted molar refractivity (Wildman–Crippen MR) is 79.5 cm³/mol. The summed E-state index contributed by atoms with van der Waals surface area (Å²) in [4.78, 5) is 0. The standard InChI is InChI=1S/C13H17Br2NO/c1-3-5-6-17-13-11(14)7-10(8-12(13)15)9-16-4-2/h3,5,7-8,16H,4,6,9H2,1-2H3/b5-3+. The van der Waals surface area contributed by atoms with Gasteiger partial charge in [-0.25, -0.2) is 0 Å². The summed E-state index contributed by atoms with van der Waals surface area (Å²) in [5, 5.41) is 3.30. The third-order valence-electron chi connectivity index (χ3n) is 2.20. The summed E-state index contributed by atoms with van der Waals surface area (Å²) >= 11 is 7.07. The van der Waals surface area contributed by atoms with E-state index in [2.05, 4.69) is 56.2 Å². The molecule has 0 amide bonds. The van der Waals surface area contributed by atoms with Crippen molar-refractivity contribution < 1.29 is 4.74 Å². The molecule has 1 N–H and O–H groups in total. The Morgan fingerprint density at radius 1 is 1.29 bits per heavy atom. The Kier molecular flexibility index (Phi) is 6.85. The minimum Gasteiger partial charge on any atom is -0.487 e. The average Bonchev–Trinajstić information content (AvgIpc) is 2.30. The van der Waals surface area contributed by atoms with Crippen LogP contribution >= 0.6 is 31.9 Å². The SMILES string of the molecule is C/C=C/COc1c(Br)cc(CNCC)cc1Br. The van der Waals surface area contributed by atoms with E-state index in [9.17, 15) is 0 Å². The van der Waals surface area contributed by atoms with E-state index in [1.807, 2.05) is 19.1 Å². The molecule has 0 aromatic heterocycles. The van der Waals surface area contributed by atoms with Gasteiger partial charge < -0.3 is 10.1 Å². The zero-order valence-corrected chi connectivity index (χ0v) is 13.3. The van der Waals surface area contributed by atoms with E-state index in [1.165, 1.54) is 5.56 Å². The van der Waals surface area contributed by atoms with Gasteiger partial charge in [-0.2, -0.15) is 0 Å². The maximum absolute atomic E-state index is 5.67. The highest BCUT2D eigenvalue weighted by Gasteiger charge is 2.08. The first-order valence-electron chi connectivity index (χ1n) is 5.61. The van der Waals surface area contributed by atoms with Gasteiger partial charge in [0.15, 0.2) is 0 Å². The molecule has 0 aliphatic heterocycles. The van der Waals surface area contributed by atoms with Gasteiger partial charge in [0.2, 0.25) is 0 Å². The van der Waals surface area contributed by atoms with Gasteiger partial charge in [-0.05, 0) is 63.0 Å². The molecule has 2 nitrogen and oxygen atoms in total. The molecule has 0 atom stereocenters. The smallest absolute Gasteiger partial charge is 0.148 e. The predicted octanol–water partition coefficient (Wildman–Crippen LogP) is 4.28. The summed E-state index contributed by atoms with van der Waals surface area (Å²) in [5.74, 6) is 0.850. The van der Waals surface area contributed by atoms with Crippen molar-refractivity contribution in [2.75, 3.05) is 13.2 Å². The average molecular weight is 363 g/mol. The van der Waals surface area contributed by atoms with Crippen LogP contribution in [0.4, 0.5) is 0 Å². The summed E-state index contributed by atoms with van der Waals surface area (Å²) in [5.41, 5.74) is 1.23. The Labute approximate surface area is 120 Å². The van der Waals surface area contributed by atoms with E-state index in [0.717, 1.165) is 27.8 Å². The molecule has 0 radical (unpaired) electrons. The number of halogens is 2. The van der Waals surface area contributed by atoms with E-state index in [1.54, 1.807) is 0 Å². The summed E-state index contributed by atoms with van der Waals surface area (Å²) in [6, 6.07) is 4.16. The van der Waals surface area contributed by atoms with Gasteiger partial charge in [0.25, 0.3) is 0 Å². The highest BCUT2D eigenvalue weighted by molar-refractivity contribution is 9.11. The highest BCUT2D eigenvalue weighted by atomic mass is 79.9. The van der Waals surface area contributed by atoms with Gasteiger partial charge in [0.1, 0.15) is 12.4 Å². The van der Waals surface area contributed by atoms with E-state index in [4.69, 9.17) is 4.74 Å². The Hall–Kier alpha value is -0.320. The van der Waals surface area contributed by atoms with Crippen molar-refractivity contribution in [3.05, 3.63) is 38.8 Å². The van der Waals surface area contributed by atoms with Crippen molar-refractivity contribution in [1.29, 1.82) is 0 Å². The number of rotatable bonds is 6. The topological polar surface area (TPSA) is 21.3 Å². The van der Waals surface area contributed by atoms with Crippen molar-refractivity contribution in [2.45, 2.75) is 20.4 Å². The molecule has 4 heteroatoms. The van der Waals surface area contributed by atoms with Crippen LogP contribution < -0.4 is 10.1 Å². The van der Waals surface area contributed by atoms with E-state index in [-0.39, 0.29) is 0 Å². The van der Waals surface area contributed by atoms with E-state index >= 15 is 0 Å². The molecule has 1 rings (SSSR count). The number of ether oxygens (including phenoxy) is 1. The summed E-state index contributed by atoms with van der Waals surface area (Å²) in [7, 11) is 0. The lowest BCUT2D eigenvalue weighted by molar-refractivity contribution is 0.358. The quantitative estimate of drug-likeness (QED) is 0.762. The van der Waals surface area contributed by atoms with Gasteiger partial charge in [-0.1, -0.05) is 19.1 Å². The first kappa shape index (κ1) is 14.7. The van der Waals surface area contributed by atoms with Crippen LogP contribution in [-0.4, -0.2) is 13.2 Å². The molecular weight excluding hydrogens is 346 g/mol. The van der Waals surface area contributed by atoms with Crippen molar-refractivity contribution in [3.63, 3.8) is 0 Å². The molecule has 0 aliphatic carbocycles. The van der Waals surface area contributed by atoms with Crippen molar-refractivity contribution in [1.82, 2.24) is 5.32 Å². The number of allylic oxidation sites excluding steroid dienone is 1. The van der Waals surface area contributed by atoms with Crippen LogP contribution in [-0.2, 0) is 6.54 Å². The van der Waals surface area contributed by atoms with Gasteiger partial charge in [0, 0.05) is 6.54 Å². The van der Waals surface area contributed by atoms with E-state index < -0.39 is 0 Å². The normalized spacial score (nSPS) is 11.1. The summed E-state index contributed by atoms with van der Waals surface area (Å²) < 4.78 is 7.62. The van der Waals surface area contributed by atoms with Gasteiger partial charge >= 0.3 is 0 Å². The fourth-order valence-corrected chi connectivity index (χ4v) is 2.86. The summed E-state index contributed by atoms with van der Waals surface area (Å²) in [6.07, 6.45) is 3.95. The van der Waals surface area contributed by atoms with Crippen molar-refractivity contribution in [2.24, 2.45) is 0 Å². The van der Waals surface area contributed by atoms with E-state index in [0.29, 0.717) is 6.61 Å². The lowest BCUT2D eigenvalue weighted by Gasteiger charge is -2.11. The maximum Gasteiger partial charge on any atom is 0.148 e. The number of hydrogen-bond acceptors (Lipinski definition) is 2. The molecule has 0 spiro atoms. The minimum atomic E-state index is 0.584. The minimum absolute atomic E-state index is 0.584. The van der Waals surface area contributed by atoms with Gasteiger partial charge in [-0.15, -0.1) is 0 Å². The Morgan fingerprint density at radius 3 is 2.47 bits per heavy atom. The molecule has 0 unspecified atom stereocenters. The third-order valence-corrected chi connectivity index (χ3v) is 3.37. The Bertz CT molecular complexity index is 368. The molecule has 0 saturated heterocycles. The van der Waals surface area contributed by atoms with Gasteiger partial charge in [0.05, 0.1) is 8.95 Å². The first-order chi connectivity index (χ1) is 8.19. The lowest BCUT2D eigenvalue weighted by Crippen LogP contribution is -2.11. The number of nitrogens with one attached hydrogen (secondary N) is 1.